The van der Waals surface area contributed by atoms with E-state index in [1.165, 1.54) is 6.08 Å². The Labute approximate surface area is 148 Å². The number of hydrogen-bond donors (Lipinski definition) is 1. The molecule has 0 aromatic heterocycles. The maximum Gasteiger partial charge on any atom is 0.407 e. The van der Waals surface area contributed by atoms with E-state index in [0.717, 1.165) is 11.1 Å². The summed E-state index contributed by atoms with van der Waals surface area (Å²) in [6, 6.07) is 18.7. The van der Waals surface area contributed by atoms with E-state index < -0.39 is 6.09 Å². The maximum absolute atomic E-state index is 12.3. The molecular formula is C21H23NO3. The molecule has 4 heteroatoms. The SMILES string of the molecule is CC(C)[C@@H](C=C=O)[C@H](NC(=O)OCc1ccccc1)c1ccccc1. The van der Waals surface area contributed by atoms with Crippen molar-refractivity contribution in [3.8, 4) is 0 Å². The fraction of sp³-hybridized carbons (Fsp3) is 0.286. The van der Waals surface area contributed by atoms with Gasteiger partial charge in [-0.2, -0.15) is 0 Å². The Morgan fingerprint density at radius 2 is 1.68 bits per heavy atom. The molecular weight excluding hydrogens is 314 g/mol. The van der Waals surface area contributed by atoms with Crippen LogP contribution in [-0.4, -0.2) is 12.0 Å². The lowest BCUT2D eigenvalue weighted by Gasteiger charge is -2.28. The van der Waals surface area contributed by atoms with E-state index in [9.17, 15) is 9.59 Å². The summed E-state index contributed by atoms with van der Waals surface area (Å²) in [6.45, 7) is 4.21. The molecule has 0 aliphatic carbocycles. The summed E-state index contributed by atoms with van der Waals surface area (Å²) in [5.41, 5.74) is 1.84. The maximum atomic E-state index is 12.3. The van der Waals surface area contributed by atoms with Crippen molar-refractivity contribution in [3.63, 3.8) is 0 Å². The molecule has 2 aromatic carbocycles. The van der Waals surface area contributed by atoms with Gasteiger partial charge in [-0.3, -0.25) is 0 Å². The zero-order valence-electron chi connectivity index (χ0n) is 14.5. The fourth-order valence-corrected chi connectivity index (χ4v) is 2.71. The number of amides is 1. The van der Waals surface area contributed by atoms with Crippen LogP contribution in [0.3, 0.4) is 0 Å². The molecule has 2 atom stereocenters. The third-order valence-corrected chi connectivity index (χ3v) is 4.06. The molecule has 0 saturated carbocycles. The molecule has 0 radical (unpaired) electrons. The van der Waals surface area contributed by atoms with E-state index in [2.05, 4.69) is 5.32 Å². The molecule has 4 nitrogen and oxygen atoms in total. The molecule has 0 spiro atoms. The number of alkyl carbamates (subject to hydrolysis) is 1. The van der Waals surface area contributed by atoms with Crippen molar-refractivity contribution >= 4 is 12.0 Å². The van der Waals surface area contributed by atoms with Gasteiger partial charge in [0.15, 0.2) is 0 Å². The quantitative estimate of drug-likeness (QED) is 0.766. The van der Waals surface area contributed by atoms with Crippen molar-refractivity contribution in [2.45, 2.75) is 26.5 Å². The van der Waals surface area contributed by atoms with Crippen molar-refractivity contribution in [2.75, 3.05) is 0 Å². The number of carbonyl (C=O) groups is 1. The van der Waals surface area contributed by atoms with Crippen LogP contribution in [0, 0.1) is 11.8 Å². The number of nitrogens with one attached hydrogen (secondary N) is 1. The first kappa shape index (κ1) is 18.5. The molecule has 2 rings (SSSR count). The number of hydrogen-bond acceptors (Lipinski definition) is 3. The predicted octanol–water partition coefficient (Wildman–Crippen LogP) is 4.31. The highest BCUT2D eigenvalue weighted by molar-refractivity contribution is 5.68. The van der Waals surface area contributed by atoms with Crippen molar-refractivity contribution in [1.29, 1.82) is 0 Å². The molecule has 0 bridgehead atoms. The molecule has 0 unspecified atom stereocenters. The van der Waals surface area contributed by atoms with Gasteiger partial charge in [0.2, 0.25) is 0 Å². The minimum Gasteiger partial charge on any atom is -0.445 e. The molecule has 130 valence electrons. The van der Waals surface area contributed by atoms with E-state index in [4.69, 9.17) is 4.74 Å². The molecule has 0 heterocycles. The second-order valence-electron chi connectivity index (χ2n) is 6.20. The van der Waals surface area contributed by atoms with Gasteiger partial charge < -0.3 is 10.1 Å². The second-order valence-corrected chi connectivity index (χ2v) is 6.20. The first-order chi connectivity index (χ1) is 12.1. The molecule has 0 fully saturated rings. The van der Waals surface area contributed by atoms with Crippen LogP contribution >= 0.6 is 0 Å². The minimum absolute atomic E-state index is 0.154. The standard InChI is InChI=1S/C21H23NO3/c1-16(2)19(13-14-23)20(18-11-7-4-8-12-18)22-21(24)25-15-17-9-5-3-6-10-17/h3-13,16,19-20H,15H2,1-2H3,(H,22,24)/t19-,20-/m1/s1. The van der Waals surface area contributed by atoms with E-state index in [1.54, 1.807) is 0 Å². The highest BCUT2D eigenvalue weighted by Crippen LogP contribution is 2.29. The average Bonchev–Trinajstić information content (AvgIpc) is 2.64. The highest BCUT2D eigenvalue weighted by Gasteiger charge is 2.26. The zero-order valence-corrected chi connectivity index (χ0v) is 14.5. The van der Waals surface area contributed by atoms with Crippen molar-refractivity contribution < 1.29 is 14.3 Å². The molecule has 25 heavy (non-hydrogen) atoms. The largest absolute Gasteiger partial charge is 0.445 e. The third-order valence-electron chi connectivity index (χ3n) is 4.06. The van der Waals surface area contributed by atoms with Gasteiger partial charge in [0.1, 0.15) is 12.5 Å². The van der Waals surface area contributed by atoms with E-state index in [0.29, 0.717) is 0 Å². The van der Waals surface area contributed by atoms with Crippen LogP contribution in [0.4, 0.5) is 4.79 Å². The Hall–Kier alpha value is -2.84. The highest BCUT2D eigenvalue weighted by atomic mass is 16.5. The topological polar surface area (TPSA) is 55.4 Å². The number of rotatable bonds is 7. The monoisotopic (exact) mass is 337 g/mol. The molecule has 2 aromatic rings. The predicted molar refractivity (Wildman–Crippen MR) is 97.5 cm³/mol. The van der Waals surface area contributed by atoms with E-state index >= 15 is 0 Å². The average molecular weight is 337 g/mol. The van der Waals surface area contributed by atoms with Crippen LogP contribution in [0.15, 0.2) is 66.7 Å². The first-order valence-corrected chi connectivity index (χ1v) is 8.35. The Morgan fingerprint density at radius 3 is 2.24 bits per heavy atom. The van der Waals surface area contributed by atoms with Gasteiger partial charge in [0.05, 0.1) is 6.04 Å². The Kier molecular flexibility index (Phi) is 7.00. The summed E-state index contributed by atoms with van der Waals surface area (Å²) >= 11 is 0. The summed E-state index contributed by atoms with van der Waals surface area (Å²) in [5, 5.41) is 2.90. The van der Waals surface area contributed by atoms with Gasteiger partial charge >= 0.3 is 6.09 Å². The second kappa shape index (κ2) is 9.45. The minimum atomic E-state index is -0.511. The van der Waals surface area contributed by atoms with Crippen LogP contribution < -0.4 is 5.32 Å². The molecule has 1 amide bonds. The summed E-state index contributed by atoms with van der Waals surface area (Å²) < 4.78 is 5.33. The Bertz CT molecular complexity index is 706. The normalized spacial score (nSPS) is 12.8. The molecule has 0 saturated heterocycles. The lowest BCUT2D eigenvalue weighted by atomic mass is 9.84. The Morgan fingerprint density at radius 1 is 1.08 bits per heavy atom. The molecule has 1 N–H and O–H groups in total. The van der Waals surface area contributed by atoms with Crippen LogP contribution in [0.25, 0.3) is 0 Å². The van der Waals surface area contributed by atoms with Crippen molar-refractivity contribution in [3.05, 3.63) is 77.9 Å². The van der Waals surface area contributed by atoms with Crippen LogP contribution in [-0.2, 0) is 16.1 Å². The van der Waals surface area contributed by atoms with Gasteiger partial charge in [-0.1, -0.05) is 74.5 Å². The number of carbonyl (C=O) groups excluding carboxylic acids is 2. The zero-order chi connectivity index (χ0) is 18.1. The fourth-order valence-electron chi connectivity index (χ4n) is 2.71. The van der Waals surface area contributed by atoms with Gasteiger partial charge in [-0.25, -0.2) is 9.59 Å². The van der Waals surface area contributed by atoms with Gasteiger partial charge in [0.25, 0.3) is 0 Å². The lowest BCUT2D eigenvalue weighted by molar-refractivity contribution is 0.131. The summed E-state index contributed by atoms with van der Waals surface area (Å²) in [4.78, 5) is 23.2. The van der Waals surface area contributed by atoms with E-state index in [1.807, 2.05) is 80.5 Å². The van der Waals surface area contributed by atoms with Crippen LogP contribution in [0.1, 0.15) is 31.0 Å². The van der Waals surface area contributed by atoms with E-state index in [-0.39, 0.29) is 24.5 Å². The van der Waals surface area contributed by atoms with Crippen molar-refractivity contribution in [1.82, 2.24) is 5.32 Å². The van der Waals surface area contributed by atoms with Gasteiger partial charge in [-0.05, 0) is 17.0 Å². The summed E-state index contributed by atoms with van der Waals surface area (Å²) in [5.74, 6) is 1.84. The molecule has 0 aliphatic heterocycles. The number of ether oxygens (including phenoxy) is 1. The third kappa shape index (κ3) is 5.63. The number of benzene rings is 2. The smallest absolute Gasteiger partial charge is 0.407 e. The van der Waals surface area contributed by atoms with Crippen molar-refractivity contribution in [2.24, 2.45) is 11.8 Å². The summed E-state index contributed by atoms with van der Waals surface area (Å²) in [6.07, 6.45) is 0.961. The first-order valence-electron chi connectivity index (χ1n) is 8.35. The lowest BCUT2D eigenvalue weighted by Crippen LogP contribution is -2.35. The van der Waals surface area contributed by atoms with Gasteiger partial charge in [-0.15, -0.1) is 0 Å². The van der Waals surface area contributed by atoms with Crippen LogP contribution in [0.5, 0.6) is 0 Å². The van der Waals surface area contributed by atoms with Gasteiger partial charge in [0, 0.05) is 12.0 Å². The molecule has 0 aliphatic rings. The van der Waals surface area contributed by atoms with Crippen LogP contribution in [0.2, 0.25) is 0 Å². The Balaban J connectivity index is 2.12. The summed E-state index contributed by atoms with van der Waals surface area (Å²) in [7, 11) is 0.